The molecule has 1 fully saturated rings. The zero-order valence-corrected chi connectivity index (χ0v) is 13.9. The Kier molecular flexibility index (Phi) is 5.49. The van der Waals surface area contributed by atoms with Crippen LogP contribution in [-0.4, -0.2) is 22.2 Å². The van der Waals surface area contributed by atoms with Crippen molar-refractivity contribution >= 4 is 46.2 Å². The zero-order chi connectivity index (χ0) is 14.7. The number of halogens is 2. The van der Waals surface area contributed by atoms with Gasteiger partial charge in [0.2, 0.25) is 0 Å². The van der Waals surface area contributed by atoms with Crippen molar-refractivity contribution in [1.29, 1.82) is 0 Å². The fourth-order valence-electron chi connectivity index (χ4n) is 2.50. The molecule has 1 aliphatic heterocycles. The maximum Gasteiger partial charge on any atom is 0.185 e. The molecule has 0 radical (unpaired) electrons. The number of rotatable bonds is 2. The van der Waals surface area contributed by atoms with Crippen LogP contribution >= 0.6 is 35.4 Å². The summed E-state index contributed by atoms with van der Waals surface area (Å²) in [5, 5.41) is 7.04. The molecule has 110 valence electrons. The second kappa shape index (κ2) is 6.94. The molecule has 2 atom stereocenters. The van der Waals surface area contributed by atoms with Crippen molar-refractivity contribution in [2.24, 2.45) is 0 Å². The van der Waals surface area contributed by atoms with E-state index < -0.39 is 0 Å². The first-order valence-corrected chi connectivity index (χ1v) is 7.95. The van der Waals surface area contributed by atoms with Crippen molar-refractivity contribution in [3.63, 3.8) is 0 Å². The molecule has 6 heteroatoms. The highest BCUT2D eigenvalue weighted by molar-refractivity contribution is 7.80. The third kappa shape index (κ3) is 3.98. The Hall–Kier alpha value is -0.550. The average Bonchev–Trinajstić information content (AvgIpc) is 2.37. The van der Waals surface area contributed by atoms with Crippen LogP contribution in [0, 0.1) is 0 Å². The molecule has 20 heavy (non-hydrogen) atoms. The van der Waals surface area contributed by atoms with Gasteiger partial charge in [-0.15, -0.1) is 0 Å². The van der Waals surface area contributed by atoms with Crippen LogP contribution in [-0.2, 0) is 0 Å². The summed E-state index contributed by atoms with van der Waals surface area (Å²) in [7, 11) is 0. The van der Waals surface area contributed by atoms with Gasteiger partial charge in [0.05, 0.1) is 10.7 Å². The lowest BCUT2D eigenvalue weighted by molar-refractivity contribution is 0.0750. The minimum atomic E-state index is 0.471. The molecule has 3 nitrogen and oxygen atoms in total. The fourth-order valence-corrected chi connectivity index (χ4v) is 3.17. The zero-order valence-electron chi connectivity index (χ0n) is 11.6. The van der Waals surface area contributed by atoms with Gasteiger partial charge in [0.1, 0.15) is 0 Å². The van der Waals surface area contributed by atoms with Gasteiger partial charge in [-0.25, -0.2) is 5.01 Å². The molecule has 1 aromatic rings. The predicted octanol–water partition coefficient (Wildman–Crippen LogP) is 4.46. The number of hydrogen-bond acceptors (Lipinski definition) is 2. The molecule has 2 N–H and O–H groups in total. The van der Waals surface area contributed by atoms with Crippen molar-refractivity contribution in [2.45, 2.75) is 45.2 Å². The minimum Gasteiger partial charge on any atom is -0.330 e. The molecule has 0 aromatic heterocycles. The maximum absolute atomic E-state index is 6.13. The van der Waals surface area contributed by atoms with Crippen molar-refractivity contribution in [1.82, 2.24) is 10.4 Å². The Bertz CT molecular complexity index is 485. The van der Waals surface area contributed by atoms with Gasteiger partial charge >= 0.3 is 0 Å². The molecular formula is C14H19Cl2N3S. The van der Waals surface area contributed by atoms with Gasteiger partial charge < -0.3 is 5.32 Å². The highest BCUT2D eigenvalue weighted by Gasteiger charge is 2.25. The van der Waals surface area contributed by atoms with E-state index in [0.29, 0.717) is 27.2 Å². The first kappa shape index (κ1) is 15.8. The third-order valence-electron chi connectivity index (χ3n) is 3.60. The molecule has 0 saturated carbocycles. The summed E-state index contributed by atoms with van der Waals surface area (Å²) in [6.07, 6.45) is 3.63. The monoisotopic (exact) mass is 331 g/mol. The Labute approximate surface area is 135 Å². The number of hydrogen-bond donors (Lipinski definition) is 2. The molecule has 1 saturated heterocycles. The second-order valence-corrected chi connectivity index (χ2v) is 6.48. The van der Waals surface area contributed by atoms with Crippen molar-refractivity contribution < 1.29 is 0 Å². The van der Waals surface area contributed by atoms with Crippen LogP contribution < -0.4 is 10.7 Å². The summed E-state index contributed by atoms with van der Waals surface area (Å²) < 4.78 is 0. The molecule has 2 rings (SSSR count). The number of thiocarbonyl (C=S) groups is 1. The lowest BCUT2D eigenvalue weighted by Gasteiger charge is -2.39. The Balaban J connectivity index is 1.98. The first-order chi connectivity index (χ1) is 9.47. The lowest BCUT2D eigenvalue weighted by Crippen LogP contribution is -2.55. The minimum absolute atomic E-state index is 0.471. The SMILES string of the molecule is CC1CCCC(C)N1NC(=S)Nc1ccc(Cl)cc1Cl. The van der Waals surface area contributed by atoms with E-state index in [4.69, 9.17) is 35.4 Å². The van der Waals surface area contributed by atoms with Crippen LogP contribution in [0.4, 0.5) is 5.69 Å². The van der Waals surface area contributed by atoms with Crippen LogP contribution in [0.5, 0.6) is 0 Å². The number of hydrazine groups is 1. The van der Waals surface area contributed by atoms with Crippen LogP contribution in [0.25, 0.3) is 0 Å². The maximum atomic E-state index is 6.13. The Morgan fingerprint density at radius 2 is 1.90 bits per heavy atom. The van der Waals surface area contributed by atoms with E-state index in [1.165, 1.54) is 19.3 Å². The summed E-state index contributed by atoms with van der Waals surface area (Å²) >= 11 is 17.4. The highest BCUT2D eigenvalue weighted by atomic mass is 35.5. The van der Waals surface area contributed by atoms with Gasteiger partial charge in [0.25, 0.3) is 0 Å². The van der Waals surface area contributed by atoms with E-state index in [1.807, 2.05) is 6.07 Å². The standard InChI is InChI=1S/C14H19Cl2N3S/c1-9-4-3-5-10(2)19(9)18-14(20)17-13-7-6-11(15)8-12(13)16/h6-10H,3-5H2,1-2H3,(H2,17,18,20). The molecule has 0 spiro atoms. The summed E-state index contributed by atoms with van der Waals surface area (Å²) in [5.41, 5.74) is 4.03. The van der Waals surface area contributed by atoms with Gasteiger partial charge in [-0.2, -0.15) is 0 Å². The quantitative estimate of drug-likeness (QED) is 0.782. The van der Waals surface area contributed by atoms with Crippen LogP contribution in [0.1, 0.15) is 33.1 Å². The molecular weight excluding hydrogens is 313 g/mol. The van der Waals surface area contributed by atoms with Crippen LogP contribution in [0.15, 0.2) is 18.2 Å². The molecule has 1 heterocycles. The topological polar surface area (TPSA) is 27.3 Å². The van der Waals surface area contributed by atoms with Gasteiger partial charge in [-0.1, -0.05) is 29.6 Å². The normalized spacial score (nSPS) is 23.4. The highest BCUT2D eigenvalue weighted by Crippen LogP contribution is 2.25. The number of benzene rings is 1. The molecule has 1 aromatic carbocycles. The van der Waals surface area contributed by atoms with Gasteiger partial charge in [0, 0.05) is 17.1 Å². The number of nitrogens with one attached hydrogen (secondary N) is 2. The van der Waals surface area contributed by atoms with E-state index in [2.05, 4.69) is 29.6 Å². The Morgan fingerprint density at radius 1 is 1.25 bits per heavy atom. The first-order valence-electron chi connectivity index (χ1n) is 6.78. The fraction of sp³-hybridized carbons (Fsp3) is 0.500. The third-order valence-corrected chi connectivity index (χ3v) is 4.34. The van der Waals surface area contributed by atoms with Crippen LogP contribution in [0.3, 0.4) is 0 Å². The number of nitrogens with zero attached hydrogens (tertiary/aromatic N) is 1. The number of anilines is 1. The summed E-state index contributed by atoms with van der Waals surface area (Å²) in [6.45, 7) is 4.42. The van der Waals surface area contributed by atoms with Crippen molar-refractivity contribution in [2.75, 3.05) is 5.32 Å². The smallest absolute Gasteiger partial charge is 0.185 e. The van der Waals surface area contributed by atoms with E-state index in [0.717, 1.165) is 5.69 Å². The Morgan fingerprint density at radius 3 is 2.50 bits per heavy atom. The van der Waals surface area contributed by atoms with Crippen molar-refractivity contribution in [3.05, 3.63) is 28.2 Å². The second-order valence-electron chi connectivity index (χ2n) is 5.23. The summed E-state index contributed by atoms with van der Waals surface area (Å²) in [5.74, 6) is 0. The van der Waals surface area contributed by atoms with Gasteiger partial charge in [-0.05, 0) is 57.1 Å². The van der Waals surface area contributed by atoms with E-state index >= 15 is 0 Å². The molecule has 0 amide bonds. The lowest BCUT2D eigenvalue weighted by atomic mass is 10.00. The van der Waals surface area contributed by atoms with E-state index in [-0.39, 0.29) is 0 Å². The summed E-state index contributed by atoms with van der Waals surface area (Å²) in [4.78, 5) is 0. The summed E-state index contributed by atoms with van der Waals surface area (Å²) in [6, 6.07) is 6.24. The van der Waals surface area contributed by atoms with Gasteiger partial charge in [0.15, 0.2) is 5.11 Å². The predicted molar refractivity (Wildman–Crippen MR) is 90.4 cm³/mol. The molecule has 0 bridgehead atoms. The molecule has 2 unspecified atom stereocenters. The average molecular weight is 332 g/mol. The van der Waals surface area contributed by atoms with E-state index in [1.54, 1.807) is 12.1 Å². The number of piperidine rings is 1. The van der Waals surface area contributed by atoms with E-state index in [9.17, 15) is 0 Å². The van der Waals surface area contributed by atoms with Crippen molar-refractivity contribution in [3.8, 4) is 0 Å². The van der Waals surface area contributed by atoms with Gasteiger partial charge in [-0.3, -0.25) is 5.43 Å². The molecule has 1 aliphatic rings. The van der Waals surface area contributed by atoms with Crippen LogP contribution in [0.2, 0.25) is 10.0 Å². The molecule has 0 aliphatic carbocycles. The largest absolute Gasteiger partial charge is 0.330 e.